The Morgan fingerprint density at radius 3 is 2.71 bits per heavy atom. The minimum atomic E-state index is -3.71. The quantitative estimate of drug-likeness (QED) is 0.942. The van der Waals surface area contributed by atoms with Crippen molar-refractivity contribution in [1.29, 1.82) is 0 Å². The monoisotopic (exact) mass is 327 g/mol. The van der Waals surface area contributed by atoms with Crippen molar-refractivity contribution < 1.29 is 8.42 Å². The van der Waals surface area contributed by atoms with Crippen molar-refractivity contribution in [3.8, 4) is 0 Å². The summed E-state index contributed by atoms with van der Waals surface area (Å²) < 4.78 is 29.8. The molecule has 0 amide bonds. The molecule has 5 nitrogen and oxygen atoms in total. The number of fused-ring (bicyclic) bond motifs is 1. The number of nitrogens with one attached hydrogen (secondary N) is 1. The van der Waals surface area contributed by atoms with Crippen molar-refractivity contribution >= 4 is 27.3 Å². The molecule has 0 spiro atoms. The van der Waals surface area contributed by atoms with Crippen LogP contribution in [0.25, 0.3) is 5.65 Å². The van der Waals surface area contributed by atoms with Gasteiger partial charge < -0.3 is 0 Å². The van der Waals surface area contributed by atoms with Gasteiger partial charge in [-0.05, 0) is 31.9 Å². The van der Waals surface area contributed by atoms with Crippen molar-refractivity contribution in [2.45, 2.75) is 49.6 Å². The minimum absolute atomic E-state index is 0.00751. The number of rotatable bonds is 3. The molecule has 2 aromatic rings. The van der Waals surface area contributed by atoms with Gasteiger partial charge >= 0.3 is 0 Å². The number of sulfonamides is 1. The summed E-state index contributed by atoms with van der Waals surface area (Å²) in [5.74, 6) is 0. The topological polar surface area (TPSA) is 63.5 Å². The molecule has 114 valence electrons. The third-order valence-corrected chi connectivity index (χ3v) is 6.08. The fourth-order valence-electron chi connectivity index (χ4n) is 2.99. The van der Waals surface area contributed by atoms with Gasteiger partial charge in [0.1, 0.15) is 5.65 Å². The molecule has 7 heteroatoms. The van der Waals surface area contributed by atoms with Gasteiger partial charge in [0.25, 0.3) is 10.0 Å². The Bertz CT molecular complexity index is 764. The van der Waals surface area contributed by atoms with Gasteiger partial charge in [-0.1, -0.05) is 36.9 Å². The van der Waals surface area contributed by atoms with Gasteiger partial charge in [-0.15, -0.1) is 0 Å². The first-order valence-electron chi connectivity index (χ1n) is 7.08. The van der Waals surface area contributed by atoms with Crippen LogP contribution in [0.15, 0.2) is 29.4 Å². The molecule has 0 bridgehead atoms. The minimum Gasteiger partial charge on any atom is -0.288 e. The van der Waals surface area contributed by atoms with E-state index in [2.05, 4.69) is 9.71 Å². The zero-order valence-corrected chi connectivity index (χ0v) is 13.4. The first-order chi connectivity index (χ1) is 9.91. The molecule has 21 heavy (non-hydrogen) atoms. The molecule has 1 aliphatic carbocycles. The fraction of sp³-hybridized carbons (Fsp3) is 0.500. The van der Waals surface area contributed by atoms with E-state index in [9.17, 15) is 8.42 Å². The summed E-state index contributed by atoms with van der Waals surface area (Å²) in [6.45, 7) is 1.96. The molecule has 2 heterocycles. The lowest BCUT2D eigenvalue weighted by Gasteiger charge is -2.33. The summed E-state index contributed by atoms with van der Waals surface area (Å²) in [6, 6.07) is 5.28. The summed E-state index contributed by atoms with van der Waals surface area (Å²) in [5.41, 5.74) is 0.121. The van der Waals surface area contributed by atoms with Crippen LogP contribution >= 0.6 is 11.6 Å². The number of hydrogen-bond acceptors (Lipinski definition) is 3. The van der Waals surface area contributed by atoms with Crippen LogP contribution < -0.4 is 4.72 Å². The van der Waals surface area contributed by atoms with Crippen LogP contribution in [-0.4, -0.2) is 23.3 Å². The number of aromatic nitrogens is 2. The van der Waals surface area contributed by atoms with E-state index in [0.29, 0.717) is 5.65 Å². The fourth-order valence-corrected chi connectivity index (χ4v) is 5.10. The Hall–Kier alpha value is -1.11. The maximum atomic E-state index is 12.7. The number of pyridine rings is 1. The highest BCUT2D eigenvalue weighted by molar-refractivity contribution is 7.89. The van der Waals surface area contributed by atoms with Gasteiger partial charge in [-0.3, -0.25) is 4.40 Å². The third-order valence-electron chi connectivity index (χ3n) is 4.04. The van der Waals surface area contributed by atoms with Crippen LogP contribution in [0, 0.1) is 0 Å². The normalized spacial score (nSPS) is 19.0. The average Bonchev–Trinajstić information content (AvgIpc) is 2.74. The van der Waals surface area contributed by atoms with E-state index in [0.717, 1.165) is 32.1 Å². The lowest BCUT2D eigenvalue weighted by atomic mass is 9.84. The predicted molar refractivity (Wildman–Crippen MR) is 82.0 cm³/mol. The van der Waals surface area contributed by atoms with E-state index in [1.807, 2.05) is 6.92 Å². The molecule has 1 fully saturated rings. The summed E-state index contributed by atoms with van der Waals surface area (Å²) in [4.78, 5) is 4.10. The predicted octanol–water partition coefficient (Wildman–Crippen LogP) is 2.99. The lowest BCUT2D eigenvalue weighted by Crippen LogP contribution is -2.47. The molecule has 3 rings (SSSR count). The third kappa shape index (κ3) is 2.80. The van der Waals surface area contributed by atoms with Crippen LogP contribution in [-0.2, 0) is 10.0 Å². The van der Waals surface area contributed by atoms with Gasteiger partial charge in [0, 0.05) is 11.7 Å². The zero-order chi connectivity index (χ0) is 15.1. The Labute approximate surface area is 129 Å². The first kappa shape index (κ1) is 14.8. The summed E-state index contributed by atoms with van der Waals surface area (Å²) in [5, 5.41) is 0.0275. The van der Waals surface area contributed by atoms with E-state index in [-0.39, 0.29) is 10.2 Å². The van der Waals surface area contributed by atoms with Crippen molar-refractivity contribution in [3.63, 3.8) is 0 Å². The Morgan fingerprint density at radius 2 is 2.00 bits per heavy atom. The van der Waals surface area contributed by atoms with Gasteiger partial charge in [0.05, 0.1) is 0 Å². The largest absolute Gasteiger partial charge is 0.288 e. The Balaban J connectivity index is 2.02. The molecular formula is C14H18ClN3O2S. The maximum absolute atomic E-state index is 12.7. The number of nitrogens with zero attached hydrogens (tertiary/aromatic N) is 2. The number of hydrogen-bond donors (Lipinski definition) is 1. The second-order valence-corrected chi connectivity index (χ2v) is 7.82. The van der Waals surface area contributed by atoms with E-state index < -0.39 is 15.6 Å². The van der Waals surface area contributed by atoms with Gasteiger partial charge in [0.2, 0.25) is 0 Å². The zero-order valence-electron chi connectivity index (χ0n) is 11.8. The molecule has 0 radical (unpaired) electrons. The summed E-state index contributed by atoms with van der Waals surface area (Å²) in [6.07, 6.45) is 6.60. The molecule has 0 unspecified atom stereocenters. The van der Waals surface area contributed by atoms with Crippen LogP contribution in [0.4, 0.5) is 0 Å². The second kappa shape index (κ2) is 5.26. The highest BCUT2D eigenvalue weighted by atomic mass is 35.5. The van der Waals surface area contributed by atoms with Crippen LogP contribution in [0.3, 0.4) is 0 Å². The van der Waals surface area contributed by atoms with Gasteiger partial charge in [-0.25, -0.2) is 18.1 Å². The SMILES string of the molecule is CC1(NS(=O)(=O)c2c(Cl)nc3ccccn23)CCCCC1. The molecule has 0 saturated heterocycles. The van der Waals surface area contributed by atoms with Crippen molar-refractivity contribution in [2.75, 3.05) is 0 Å². The first-order valence-corrected chi connectivity index (χ1v) is 8.94. The second-order valence-electron chi connectivity index (χ2n) is 5.86. The van der Waals surface area contributed by atoms with E-state index in [4.69, 9.17) is 11.6 Å². The molecular weight excluding hydrogens is 310 g/mol. The van der Waals surface area contributed by atoms with Gasteiger partial charge in [0.15, 0.2) is 10.2 Å². The lowest BCUT2D eigenvalue weighted by molar-refractivity contribution is 0.293. The molecule has 1 N–H and O–H groups in total. The van der Waals surface area contributed by atoms with E-state index in [1.54, 1.807) is 24.4 Å². The van der Waals surface area contributed by atoms with Crippen molar-refractivity contribution in [3.05, 3.63) is 29.5 Å². The summed E-state index contributed by atoms with van der Waals surface area (Å²) >= 11 is 6.06. The molecule has 2 aromatic heterocycles. The Kier molecular flexibility index (Phi) is 3.71. The van der Waals surface area contributed by atoms with Crippen molar-refractivity contribution in [1.82, 2.24) is 14.1 Å². The molecule has 1 aliphatic rings. The van der Waals surface area contributed by atoms with E-state index >= 15 is 0 Å². The van der Waals surface area contributed by atoms with Crippen LogP contribution in [0.1, 0.15) is 39.0 Å². The average molecular weight is 328 g/mol. The highest BCUT2D eigenvalue weighted by Crippen LogP contribution is 2.31. The standard InChI is InChI=1S/C14H18ClN3O2S/c1-14(8-4-2-5-9-14)17-21(19,20)13-12(15)16-11-7-3-6-10-18(11)13/h3,6-7,10,17H,2,4-5,8-9H2,1H3. The number of imidazole rings is 1. The summed E-state index contributed by atoms with van der Waals surface area (Å²) in [7, 11) is -3.71. The molecule has 0 aliphatic heterocycles. The van der Waals surface area contributed by atoms with Gasteiger partial charge in [-0.2, -0.15) is 0 Å². The van der Waals surface area contributed by atoms with Crippen LogP contribution in [0.5, 0.6) is 0 Å². The van der Waals surface area contributed by atoms with Crippen molar-refractivity contribution in [2.24, 2.45) is 0 Å². The molecule has 1 saturated carbocycles. The molecule has 0 atom stereocenters. The smallest absolute Gasteiger partial charge is 0.260 e. The van der Waals surface area contributed by atoms with Crippen LogP contribution in [0.2, 0.25) is 5.15 Å². The maximum Gasteiger partial charge on any atom is 0.260 e. The number of halogens is 1. The van der Waals surface area contributed by atoms with E-state index in [1.165, 1.54) is 4.40 Å². The molecule has 0 aromatic carbocycles. The highest BCUT2D eigenvalue weighted by Gasteiger charge is 2.34. The Morgan fingerprint density at radius 1 is 1.29 bits per heavy atom.